The molecule has 0 aromatic heterocycles. The molecule has 0 saturated carbocycles. The van der Waals surface area contributed by atoms with Gasteiger partial charge >= 0.3 is 0 Å². The lowest BCUT2D eigenvalue weighted by Gasteiger charge is -2.35. The van der Waals surface area contributed by atoms with Crippen molar-refractivity contribution >= 4 is 29.9 Å². The van der Waals surface area contributed by atoms with Crippen LogP contribution in [-0.4, -0.2) is 112 Å². The lowest BCUT2D eigenvalue weighted by Crippen LogP contribution is -2.48. The van der Waals surface area contributed by atoms with Gasteiger partial charge in [-0.05, 0) is 25.7 Å². The second-order valence-corrected chi connectivity index (χ2v) is 8.66. The highest BCUT2D eigenvalue weighted by atomic mass is 127. The summed E-state index contributed by atoms with van der Waals surface area (Å²) in [4.78, 5) is 12.8. The zero-order valence-corrected chi connectivity index (χ0v) is 21.0. The standard InChI is InChI=1S/C21H41N5O2.HI/c1-4-22-21(26-6-5-19(17-26)24-7-11-27-12-8-24)23-16-20(15-18(2)3)25-9-13-28-14-10-25;/h18-20H,4-17H2,1-3H3,(H,22,23);1H. The zero-order chi connectivity index (χ0) is 19.8. The summed E-state index contributed by atoms with van der Waals surface area (Å²) in [6.45, 7) is 18.4. The lowest BCUT2D eigenvalue weighted by atomic mass is 10.0. The number of guanidine groups is 1. The number of morpholine rings is 2. The van der Waals surface area contributed by atoms with Crippen LogP contribution >= 0.6 is 24.0 Å². The molecule has 29 heavy (non-hydrogen) atoms. The van der Waals surface area contributed by atoms with Gasteiger partial charge in [0, 0.05) is 57.9 Å². The van der Waals surface area contributed by atoms with Gasteiger partial charge in [0.25, 0.3) is 0 Å². The van der Waals surface area contributed by atoms with Crippen molar-refractivity contribution in [2.24, 2.45) is 10.9 Å². The third kappa shape index (κ3) is 7.79. The van der Waals surface area contributed by atoms with E-state index in [4.69, 9.17) is 14.5 Å². The maximum atomic E-state index is 5.56. The summed E-state index contributed by atoms with van der Waals surface area (Å²) >= 11 is 0. The first-order chi connectivity index (χ1) is 13.7. The van der Waals surface area contributed by atoms with E-state index in [-0.39, 0.29) is 24.0 Å². The van der Waals surface area contributed by atoms with Crippen molar-refractivity contribution in [3.05, 3.63) is 0 Å². The fourth-order valence-electron chi connectivity index (χ4n) is 4.62. The number of nitrogens with one attached hydrogen (secondary N) is 1. The van der Waals surface area contributed by atoms with Crippen LogP contribution in [0.15, 0.2) is 4.99 Å². The molecule has 1 N–H and O–H groups in total. The highest BCUT2D eigenvalue weighted by Gasteiger charge is 2.30. The smallest absolute Gasteiger partial charge is 0.194 e. The average molecular weight is 524 g/mol. The molecule has 2 unspecified atom stereocenters. The number of ether oxygens (including phenoxy) is 2. The first kappa shape index (κ1) is 25.1. The maximum Gasteiger partial charge on any atom is 0.194 e. The molecule has 8 heteroatoms. The van der Waals surface area contributed by atoms with Crippen LogP contribution in [0.25, 0.3) is 0 Å². The molecular weight excluding hydrogens is 481 g/mol. The van der Waals surface area contributed by atoms with E-state index in [1.54, 1.807) is 0 Å². The van der Waals surface area contributed by atoms with Gasteiger partial charge in [-0.25, -0.2) is 0 Å². The Bertz CT molecular complexity index is 482. The van der Waals surface area contributed by atoms with Gasteiger partial charge in [0.1, 0.15) is 0 Å². The predicted molar refractivity (Wildman–Crippen MR) is 129 cm³/mol. The molecule has 2 atom stereocenters. The topological polar surface area (TPSA) is 52.6 Å². The molecule has 0 aromatic rings. The second kappa shape index (κ2) is 13.3. The molecule has 3 saturated heterocycles. The van der Waals surface area contributed by atoms with Crippen LogP contribution in [0.1, 0.15) is 33.6 Å². The molecule has 0 aromatic carbocycles. The molecule has 170 valence electrons. The summed E-state index contributed by atoms with van der Waals surface area (Å²) in [5.41, 5.74) is 0. The number of hydrogen-bond donors (Lipinski definition) is 1. The first-order valence-corrected chi connectivity index (χ1v) is 11.3. The van der Waals surface area contributed by atoms with Crippen molar-refractivity contribution in [3.63, 3.8) is 0 Å². The van der Waals surface area contributed by atoms with E-state index in [0.717, 1.165) is 84.7 Å². The van der Waals surface area contributed by atoms with Gasteiger partial charge in [-0.3, -0.25) is 14.8 Å². The third-order valence-electron chi connectivity index (χ3n) is 6.12. The molecule has 0 radical (unpaired) electrons. The molecule has 3 rings (SSSR count). The average Bonchev–Trinajstić information content (AvgIpc) is 3.21. The Morgan fingerprint density at radius 2 is 1.69 bits per heavy atom. The van der Waals surface area contributed by atoms with Gasteiger partial charge in [0.2, 0.25) is 0 Å². The Hall–Kier alpha value is -0.160. The molecule has 3 aliphatic heterocycles. The molecule has 3 fully saturated rings. The van der Waals surface area contributed by atoms with Crippen LogP contribution in [0.3, 0.4) is 0 Å². The van der Waals surface area contributed by atoms with Gasteiger partial charge in [-0.2, -0.15) is 0 Å². The van der Waals surface area contributed by atoms with Crippen molar-refractivity contribution < 1.29 is 9.47 Å². The molecule has 0 bridgehead atoms. The predicted octanol–water partition coefficient (Wildman–Crippen LogP) is 1.72. The number of rotatable bonds is 7. The van der Waals surface area contributed by atoms with Gasteiger partial charge in [0.05, 0.1) is 33.0 Å². The van der Waals surface area contributed by atoms with Crippen LogP contribution in [-0.2, 0) is 9.47 Å². The highest BCUT2D eigenvalue weighted by Crippen LogP contribution is 2.18. The molecule has 0 aliphatic carbocycles. The quantitative estimate of drug-likeness (QED) is 0.312. The van der Waals surface area contributed by atoms with Crippen LogP contribution in [0.5, 0.6) is 0 Å². The van der Waals surface area contributed by atoms with Crippen LogP contribution < -0.4 is 5.32 Å². The third-order valence-corrected chi connectivity index (χ3v) is 6.12. The van der Waals surface area contributed by atoms with Crippen LogP contribution in [0, 0.1) is 5.92 Å². The summed E-state index contributed by atoms with van der Waals surface area (Å²) in [5, 5.41) is 3.55. The molecule has 7 nitrogen and oxygen atoms in total. The molecule has 0 amide bonds. The van der Waals surface area contributed by atoms with E-state index in [0.29, 0.717) is 18.0 Å². The Balaban J connectivity index is 0.00000300. The Morgan fingerprint density at radius 3 is 2.31 bits per heavy atom. The fraction of sp³-hybridized carbons (Fsp3) is 0.952. The minimum absolute atomic E-state index is 0. The number of likely N-dealkylation sites (tertiary alicyclic amines) is 1. The van der Waals surface area contributed by atoms with Crippen molar-refractivity contribution in [1.82, 2.24) is 20.0 Å². The SMILES string of the molecule is CCNC(=NCC(CC(C)C)N1CCOCC1)N1CCC(N2CCOCC2)C1.I. The van der Waals surface area contributed by atoms with Crippen molar-refractivity contribution in [2.75, 3.05) is 78.8 Å². The number of hydrogen-bond acceptors (Lipinski definition) is 5. The Morgan fingerprint density at radius 1 is 1.03 bits per heavy atom. The zero-order valence-electron chi connectivity index (χ0n) is 18.6. The summed E-state index contributed by atoms with van der Waals surface area (Å²) in [7, 11) is 0. The summed E-state index contributed by atoms with van der Waals surface area (Å²) in [5.74, 6) is 1.78. The minimum atomic E-state index is 0. The molecule has 3 heterocycles. The van der Waals surface area contributed by atoms with Crippen LogP contribution in [0.2, 0.25) is 0 Å². The van der Waals surface area contributed by atoms with Gasteiger partial charge in [0.15, 0.2) is 5.96 Å². The van der Waals surface area contributed by atoms with Gasteiger partial charge < -0.3 is 19.7 Å². The molecule has 3 aliphatic rings. The number of aliphatic imine (C=N–C) groups is 1. The summed E-state index contributed by atoms with van der Waals surface area (Å²) < 4.78 is 11.1. The van der Waals surface area contributed by atoms with Crippen LogP contribution in [0.4, 0.5) is 0 Å². The maximum absolute atomic E-state index is 5.56. The van der Waals surface area contributed by atoms with Gasteiger partial charge in [-0.1, -0.05) is 13.8 Å². The lowest BCUT2D eigenvalue weighted by molar-refractivity contribution is 0.0142. The normalized spacial score (nSPS) is 25.9. The second-order valence-electron chi connectivity index (χ2n) is 8.66. The first-order valence-electron chi connectivity index (χ1n) is 11.3. The summed E-state index contributed by atoms with van der Waals surface area (Å²) in [6.07, 6.45) is 2.42. The number of nitrogens with zero attached hydrogens (tertiary/aromatic N) is 4. The van der Waals surface area contributed by atoms with Crippen molar-refractivity contribution in [2.45, 2.75) is 45.7 Å². The highest BCUT2D eigenvalue weighted by molar-refractivity contribution is 14.0. The van der Waals surface area contributed by atoms with E-state index in [9.17, 15) is 0 Å². The van der Waals surface area contributed by atoms with E-state index < -0.39 is 0 Å². The van der Waals surface area contributed by atoms with E-state index in [2.05, 4.69) is 40.8 Å². The van der Waals surface area contributed by atoms with Crippen molar-refractivity contribution in [1.29, 1.82) is 0 Å². The largest absolute Gasteiger partial charge is 0.379 e. The van der Waals surface area contributed by atoms with Gasteiger partial charge in [-0.15, -0.1) is 24.0 Å². The Kier molecular flexibility index (Phi) is 11.5. The summed E-state index contributed by atoms with van der Waals surface area (Å²) in [6, 6.07) is 1.15. The monoisotopic (exact) mass is 523 g/mol. The fourth-order valence-corrected chi connectivity index (χ4v) is 4.62. The van der Waals surface area contributed by atoms with E-state index in [1.165, 1.54) is 12.8 Å². The molecule has 0 spiro atoms. The molecular formula is C21H42IN5O2. The van der Waals surface area contributed by atoms with E-state index >= 15 is 0 Å². The van der Waals surface area contributed by atoms with Crippen molar-refractivity contribution in [3.8, 4) is 0 Å². The minimum Gasteiger partial charge on any atom is -0.379 e. The van der Waals surface area contributed by atoms with E-state index in [1.807, 2.05) is 0 Å². The number of halogens is 1. The Labute approximate surface area is 194 Å².